The number of carbonyl (C=O) groups excluding carboxylic acids is 2. The van der Waals surface area contributed by atoms with Crippen LogP contribution in [0.1, 0.15) is 11.1 Å². The van der Waals surface area contributed by atoms with Crippen molar-refractivity contribution in [1.82, 2.24) is 10.6 Å². The average Bonchev–Trinajstić information content (AvgIpc) is 2.36. The van der Waals surface area contributed by atoms with Gasteiger partial charge in [0.2, 0.25) is 5.91 Å². The molecule has 2 N–H and O–H groups in total. The molecule has 0 aliphatic carbocycles. The van der Waals surface area contributed by atoms with Gasteiger partial charge in [0.25, 0.3) is 0 Å². The fourth-order valence-corrected chi connectivity index (χ4v) is 1.52. The van der Waals surface area contributed by atoms with Crippen molar-refractivity contribution < 1.29 is 22.8 Å². The van der Waals surface area contributed by atoms with Gasteiger partial charge in [-0.05, 0) is 18.1 Å². The third kappa shape index (κ3) is 5.29. The van der Waals surface area contributed by atoms with E-state index in [-0.39, 0.29) is 25.4 Å². The predicted molar refractivity (Wildman–Crippen MR) is 67.0 cm³/mol. The van der Waals surface area contributed by atoms with Crippen molar-refractivity contribution in [3.05, 3.63) is 35.4 Å². The van der Waals surface area contributed by atoms with Gasteiger partial charge in [-0.25, -0.2) is 0 Å². The van der Waals surface area contributed by atoms with E-state index in [4.69, 9.17) is 0 Å². The maximum atomic E-state index is 11.9. The molecule has 1 rings (SSSR count). The van der Waals surface area contributed by atoms with E-state index in [2.05, 4.69) is 5.32 Å². The number of alkyl halides is 3. The number of halogens is 3. The Kier molecular flexibility index (Phi) is 5.54. The van der Waals surface area contributed by atoms with Crippen LogP contribution >= 0.6 is 0 Å². The van der Waals surface area contributed by atoms with Crippen LogP contribution in [0.25, 0.3) is 0 Å². The Morgan fingerprint density at radius 1 is 1.10 bits per heavy atom. The molecule has 1 aromatic carbocycles. The highest BCUT2D eigenvalue weighted by molar-refractivity contribution is 5.82. The summed E-state index contributed by atoms with van der Waals surface area (Å²) in [6, 6.07) is 7.33. The number of benzene rings is 1. The van der Waals surface area contributed by atoms with E-state index in [0.29, 0.717) is 0 Å². The largest absolute Gasteiger partial charge is 0.471 e. The molecule has 7 heteroatoms. The second kappa shape index (κ2) is 6.93. The summed E-state index contributed by atoms with van der Waals surface area (Å²) in [5.41, 5.74) is 1.82. The summed E-state index contributed by atoms with van der Waals surface area (Å²) in [6.45, 7) is 1.55. The van der Waals surface area contributed by atoms with Crippen LogP contribution in [0.3, 0.4) is 0 Å². The number of hydrogen-bond donors (Lipinski definition) is 2. The summed E-state index contributed by atoms with van der Waals surface area (Å²) >= 11 is 0. The number of hydrogen-bond acceptors (Lipinski definition) is 2. The zero-order valence-corrected chi connectivity index (χ0v) is 10.9. The van der Waals surface area contributed by atoms with Crippen LogP contribution in [0.5, 0.6) is 0 Å². The van der Waals surface area contributed by atoms with E-state index in [0.717, 1.165) is 11.1 Å². The van der Waals surface area contributed by atoms with Gasteiger partial charge < -0.3 is 10.6 Å². The summed E-state index contributed by atoms with van der Waals surface area (Å²) < 4.78 is 35.6. The van der Waals surface area contributed by atoms with Gasteiger partial charge in [0, 0.05) is 13.1 Å². The minimum absolute atomic E-state index is 0.0491. The molecule has 2 amide bonds. The van der Waals surface area contributed by atoms with Gasteiger partial charge in [0.05, 0.1) is 6.42 Å². The Morgan fingerprint density at radius 3 is 2.30 bits per heavy atom. The molecule has 0 saturated carbocycles. The first-order chi connectivity index (χ1) is 9.30. The number of nitrogens with one attached hydrogen (secondary N) is 2. The van der Waals surface area contributed by atoms with E-state index in [1.54, 1.807) is 17.4 Å². The highest BCUT2D eigenvalue weighted by Crippen LogP contribution is 2.13. The maximum absolute atomic E-state index is 11.9. The van der Waals surface area contributed by atoms with Crippen LogP contribution in [0, 0.1) is 6.92 Å². The van der Waals surface area contributed by atoms with E-state index in [1.165, 1.54) is 0 Å². The van der Waals surface area contributed by atoms with E-state index in [9.17, 15) is 22.8 Å². The second-order valence-electron chi connectivity index (χ2n) is 4.21. The molecule has 0 radical (unpaired) electrons. The Morgan fingerprint density at radius 2 is 1.70 bits per heavy atom. The minimum atomic E-state index is -4.90. The van der Waals surface area contributed by atoms with Crippen LogP contribution in [0.15, 0.2) is 24.3 Å². The molecule has 0 atom stereocenters. The molecule has 0 heterocycles. The summed E-state index contributed by atoms with van der Waals surface area (Å²) in [6.07, 6.45) is -4.74. The van der Waals surface area contributed by atoms with Crippen LogP contribution < -0.4 is 10.6 Å². The molecule has 0 aliphatic heterocycles. The molecule has 0 saturated heterocycles. The number of amides is 2. The van der Waals surface area contributed by atoms with Crippen molar-refractivity contribution >= 4 is 11.8 Å². The lowest BCUT2D eigenvalue weighted by atomic mass is 10.1. The smallest absolute Gasteiger partial charge is 0.354 e. The van der Waals surface area contributed by atoms with Crippen molar-refractivity contribution in [3.8, 4) is 0 Å². The normalized spacial score (nSPS) is 11.0. The van der Waals surface area contributed by atoms with E-state index >= 15 is 0 Å². The molecule has 0 aromatic heterocycles. The molecule has 1 aromatic rings. The molecule has 0 bridgehead atoms. The van der Waals surface area contributed by atoms with Crippen molar-refractivity contribution in [1.29, 1.82) is 0 Å². The lowest BCUT2D eigenvalue weighted by molar-refractivity contribution is -0.173. The summed E-state index contributed by atoms with van der Waals surface area (Å²) in [7, 11) is 0. The fourth-order valence-electron chi connectivity index (χ4n) is 1.52. The highest BCUT2D eigenvalue weighted by atomic mass is 19.4. The zero-order valence-electron chi connectivity index (χ0n) is 10.9. The zero-order chi connectivity index (χ0) is 15.2. The van der Waals surface area contributed by atoms with Crippen molar-refractivity contribution in [3.63, 3.8) is 0 Å². The molecule has 110 valence electrons. The Labute approximate surface area is 114 Å². The summed E-state index contributed by atoms with van der Waals surface area (Å²) in [5, 5.41) is 4.12. The third-order valence-corrected chi connectivity index (χ3v) is 2.60. The van der Waals surface area contributed by atoms with Gasteiger partial charge >= 0.3 is 12.1 Å². The van der Waals surface area contributed by atoms with Gasteiger partial charge in [-0.1, -0.05) is 24.3 Å². The predicted octanol–water partition coefficient (Wildman–Crippen LogP) is 1.33. The standard InChI is InChI=1S/C13H15F3N2O2/c1-9-4-2-3-5-10(9)8-11(19)17-6-7-18-12(20)13(14,15)16/h2-5H,6-8H2,1H3,(H,17,19)(H,18,20). The molecule has 4 nitrogen and oxygen atoms in total. The lowest BCUT2D eigenvalue weighted by Gasteiger charge is -2.09. The van der Waals surface area contributed by atoms with Gasteiger partial charge in [0.1, 0.15) is 0 Å². The van der Waals surface area contributed by atoms with Gasteiger partial charge in [0.15, 0.2) is 0 Å². The molecular weight excluding hydrogens is 273 g/mol. The average molecular weight is 288 g/mol. The van der Waals surface area contributed by atoms with Crippen LogP contribution in [-0.4, -0.2) is 31.1 Å². The first-order valence-electron chi connectivity index (χ1n) is 5.97. The molecule has 0 aliphatic rings. The fraction of sp³-hybridized carbons (Fsp3) is 0.385. The Hall–Kier alpha value is -2.05. The first-order valence-corrected chi connectivity index (χ1v) is 5.97. The summed E-state index contributed by atoms with van der Waals surface area (Å²) in [4.78, 5) is 22.1. The first kappa shape index (κ1) is 16.0. The molecule has 0 fully saturated rings. The second-order valence-corrected chi connectivity index (χ2v) is 4.21. The van der Waals surface area contributed by atoms with Crippen molar-refractivity contribution in [2.75, 3.05) is 13.1 Å². The SMILES string of the molecule is Cc1ccccc1CC(=O)NCCNC(=O)C(F)(F)F. The maximum Gasteiger partial charge on any atom is 0.471 e. The number of aryl methyl sites for hydroxylation is 1. The van der Waals surface area contributed by atoms with Crippen molar-refractivity contribution in [2.45, 2.75) is 19.5 Å². The number of carbonyl (C=O) groups is 2. The molecular formula is C13H15F3N2O2. The third-order valence-electron chi connectivity index (χ3n) is 2.60. The topological polar surface area (TPSA) is 58.2 Å². The van der Waals surface area contributed by atoms with Gasteiger partial charge in [-0.2, -0.15) is 13.2 Å². The highest BCUT2D eigenvalue weighted by Gasteiger charge is 2.38. The lowest BCUT2D eigenvalue weighted by Crippen LogP contribution is -2.41. The minimum Gasteiger partial charge on any atom is -0.354 e. The van der Waals surface area contributed by atoms with E-state index < -0.39 is 12.1 Å². The summed E-state index contributed by atoms with van der Waals surface area (Å²) in [5.74, 6) is -2.31. The molecule has 20 heavy (non-hydrogen) atoms. The molecule has 0 unspecified atom stereocenters. The van der Waals surface area contributed by atoms with Crippen molar-refractivity contribution in [2.24, 2.45) is 0 Å². The van der Waals surface area contributed by atoms with Gasteiger partial charge in [-0.3, -0.25) is 9.59 Å². The monoisotopic (exact) mass is 288 g/mol. The molecule has 0 spiro atoms. The van der Waals surface area contributed by atoms with Gasteiger partial charge in [-0.15, -0.1) is 0 Å². The quantitative estimate of drug-likeness (QED) is 0.803. The van der Waals surface area contributed by atoms with E-state index in [1.807, 2.05) is 19.1 Å². The van der Waals surface area contributed by atoms with Crippen LogP contribution in [-0.2, 0) is 16.0 Å². The van der Waals surface area contributed by atoms with Crippen LogP contribution in [0.2, 0.25) is 0 Å². The Bertz CT molecular complexity index is 487. The number of rotatable bonds is 5. The van der Waals surface area contributed by atoms with Crippen LogP contribution in [0.4, 0.5) is 13.2 Å². The Balaban J connectivity index is 2.28.